The lowest BCUT2D eigenvalue weighted by atomic mass is 10.1. The Balaban J connectivity index is 1.72. The minimum absolute atomic E-state index is 0.117. The summed E-state index contributed by atoms with van der Waals surface area (Å²) in [5, 5.41) is 1.21. The van der Waals surface area contributed by atoms with Gasteiger partial charge in [-0.2, -0.15) is 0 Å². The molecule has 2 aromatic rings. The number of amides is 1. The number of carbonyl (C=O) groups excluding carboxylic acids is 2. The van der Waals surface area contributed by atoms with Crippen molar-refractivity contribution in [1.82, 2.24) is 9.88 Å². The van der Waals surface area contributed by atoms with Crippen molar-refractivity contribution in [2.75, 3.05) is 12.3 Å². The number of benzene rings is 1. The first kappa shape index (κ1) is 15.0. The predicted molar refractivity (Wildman–Crippen MR) is 88.4 cm³/mol. The molecule has 3 rings (SSSR count). The van der Waals surface area contributed by atoms with E-state index in [1.165, 1.54) is 11.8 Å². The fraction of sp³-hybridized carbons (Fsp3) is 0.353. The van der Waals surface area contributed by atoms with Crippen LogP contribution in [-0.2, 0) is 16.1 Å². The summed E-state index contributed by atoms with van der Waals surface area (Å²) in [7, 11) is 0. The van der Waals surface area contributed by atoms with Crippen LogP contribution in [0.3, 0.4) is 0 Å². The number of aromatic nitrogens is 1. The molecule has 1 unspecified atom stereocenters. The van der Waals surface area contributed by atoms with Crippen LogP contribution in [-0.4, -0.2) is 33.2 Å². The van der Waals surface area contributed by atoms with Gasteiger partial charge in [-0.3, -0.25) is 14.6 Å². The molecule has 0 spiro atoms. The standard InChI is InChI=1S/C17H18N2O2S/c1-12(20)22-11-13-8-17(21)19(9-13)10-14-4-2-6-16-15(14)5-3-7-18-16/h2-7,13H,8-11H2,1H3. The third-order valence-electron chi connectivity index (χ3n) is 3.91. The molecule has 2 heterocycles. The van der Waals surface area contributed by atoms with Gasteiger partial charge in [-0.15, -0.1) is 0 Å². The van der Waals surface area contributed by atoms with E-state index in [2.05, 4.69) is 11.1 Å². The summed E-state index contributed by atoms with van der Waals surface area (Å²) in [6, 6.07) is 9.98. The topological polar surface area (TPSA) is 50.3 Å². The van der Waals surface area contributed by atoms with E-state index in [-0.39, 0.29) is 16.9 Å². The zero-order chi connectivity index (χ0) is 15.5. The van der Waals surface area contributed by atoms with Gasteiger partial charge in [0.05, 0.1) is 5.52 Å². The molecule has 1 atom stereocenters. The fourth-order valence-corrected chi connectivity index (χ4v) is 3.56. The van der Waals surface area contributed by atoms with Crippen molar-refractivity contribution >= 4 is 33.7 Å². The second-order valence-electron chi connectivity index (χ2n) is 5.63. The van der Waals surface area contributed by atoms with Crippen LogP contribution in [0.4, 0.5) is 0 Å². The van der Waals surface area contributed by atoms with Crippen molar-refractivity contribution in [3.8, 4) is 0 Å². The highest BCUT2D eigenvalue weighted by Gasteiger charge is 2.29. The van der Waals surface area contributed by atoms with Crippen molar-refractivity contribution in [2.45, 2.75) is 19.9 Å². The molecule has 0 saturated carbocycles. The minimum Gasteiger partial charge on any atom is -0.338 e. The molecule has 0 N–H and O–H groups in total. The summed E-state index contributed by atoms with van der Waals surface area (Å²) in [6.45, 7) is 2.92. The van der Waals surface area contributed by atoms with Gasteiger partial charge in [0.25, 0.3) is 0 Å². The maximum Gasteiger partial charge on any atom is 0.223 e. The van der Waals surface area contributed by atoms with Gasteiger partial charge in [-0.05, 0) is 23.6 Å². The van der Waals surface area contributed by atoms with Crippen LogP contribution < -0.4 is 0 Å². The first-order chi connectivity index (χ1) is 10.6. The molecule has 1 fully saturated rings. The average molecular weight is 314 g/mol. The van der Waals surface area contributed by atoms with E-state index in [4.69, 9.17) is 0 Å². The van der Waals surface area contributed by atoms with Gasteiger partial charge in [0, 0.05) is 43.8 Å². The molecule has 1 saturated heterocycles. The van der Waals surface area contributed by atoms with E-state index in [9.17, 15) is 9.59 Å². The maximum atomic E-state index is 12.2. The van der Waals surface area contributed by atoms with E-state index in [0.717, 1.165) is 28.8 Å². The second kappa shape index (κ2) is 6.48. The van der Waals surface area contributed by atoms with Crippen LogP contribution in [0, 0.1) is 5.92 Å². The summed E-state index contributed by atoms with van der Waals surface area (Å²) in [5.41, 5.74) is 2.08. The van der Waals surface area contributed by atoms with Gasteiger partial charge in [0.1, 0.15) is 0 Å². The van der Waals surface area contributed by atoms with Gasteiger partial charge < -0.3 is 4.90 Å². The van der Waals surface area contributed by atoms with Crippen molar-refractivity contribution < 1.29 is 9.59 Å². The highest BCUT2D eigenvalue weighted by molar-refractivity contribution is 8.13. The van der Waals surface area contributed by atoms with Crippen molar-refractivity contribution in [1.29, 1.82) is 0 Å². The summed E-state index contributed by atoms with van der Waals surface area (Å²) >= 11 is 1.31. The molecule has 5 heteroatoms. The van der Waals surface area contributed by atoms with E-state index in [1.807, 2.05) is 29.2 Å². The smallest absolute Gasteiger partial charge is 0.223 e. The Kier molecular flexibility index (Phi) is 4.43. The number of fused-ring (bicyclic) bond motifs is 1. The average Bonchev–Trinajstić information content (AvgIpc) is 2.86. The number of thioether (sulfide) groups is 1. The van der Waals surface area contributed by atoms with Crippen LogP contribution in [0.5, 0.6) is 0 Å². The van der Waals surface area contributed by atoms with Gasteiger partial charge >= 0.3 is 0 Å². The Morgan fingerprint density at radius 3 is 3.05 bits per heavy atom. The van der Waals surface area contributed by atoms with Crippen LogP contribution >= 0.6 is 11.8 Å². The normalized spacial score (nSPS) is 18.1. The zero-order valence-corrected chi connectivity index (χ0v) is 13.3. The molecule has 4 nitrogen and oxygen atoms in total. The number of pyridine rings is 1. The van der Waals surface area contributed by atoms with Gasteiger partial charge in [-0.1, -0.05) is 30.0 Å². The summed E-state index contributed by atoms with van der Waals surface area (Å²) < 4.78 is 0. The highest BCUT2D eigenvalue weighted by atomic mass is 32.2. The number of hydrogen-bond donors (Lipinski definition) is 0. The van der Waals surface area contributed by atoms with E-state index >= 15 is 0 Å². The molecule has 114 valence electrons. The quantitative estimate of drug-likeness (QED) is 0.871. The van der Waals surface area contributed by atoms with E-state index < -0.39 is 0 Å². The largest absolute Gasteiger partial charge is 0.338 e. The SMILES string of the molecule is CC(=O)SCC1CC(=O)N(Cc2cccc3ncccc23)C1. The van der Waals surface area contributed by atoms with Crippen LogP contribution in [0.25, 0.3) is 10.9 Å². The molecule has 1 aromatic heterocycles. The highest BCUT2D eigenvalue weighted by Crippen LogP contribution is 2.25. The van der Waals surface area contributed by atoms with Crippen molar-refractivity contribution in [2.24, 2.45) is 5.92 Å². The van der Waals surface area contributed by atoms with Crippen LogP contribution in [0.15, 0.2) is 36.5 Å². The Morgan fingerprint density at radius 2 is 2.23 bits per heavy atom. The Labute approximate surface area is 133 Å². The minimum atomic E-state index is 0.117. The predicted octanol–water partition coefficient (Wildman–Crippen LogP) is 2.86. The summed E-state index contributed by atoms with van der Waals surface area (Å²) in [6.07, 6.45) is 2.32. The first-order valence-electron chi connectivity index (χ1n) is 7.37. The van der Waals surface area contributed by atoms with Crippen LogP contribution in [0.1, 0.15) is 18.9 Å². The lowest BCUT2D eigenvalue weighted by molar-refractivity contribution is -0.128. The molecule has 0 aliphatic carbocycles. The molecular weight excluding hydrogens is 296 g/mol. The lowest BCUT2D eigenvalue weighted by Crippen LogP contribution is -2.25. The molecule has 0 bridgehead atoms. The number of likely N-dealkylation sites (tertiary alicyclic amines) is 1. The molecule has 1 aromatic carbocycles. The summed E-state index contributed by atoms with van der Waals surface area (Å²) in [4.78, 5) is 29.5. The summed E-state index contributed by atoms with van der Waals surface area (Å²) in [5.74, 6) is 1.18. The molecular formula is C17H18N2O2S. The Bertz CT molecular complexity index is 711. The number of carbonyl (C=O) groups is 2. The van der Waals surface area contributed by atoms with E-state index in [0.29, 0.717) is 13.0 Å². The van der Waals surface area contributed by atoms with Crippen LogP contribution in [0.2, 0.25) is 0 Å². The molecule has 1 aliphatic rings. The third kappa shape index (κ3) is 3.30. The molecule has 0 radical (unpaired) electrons. The van der Waals surface area contributed by atoms with E-state index in [1.54, 1.807) is 13.1 Å². The van der Waals surface area contributed by atoms with Gasteiger partial charge in [0.15, 0.2) is 5.12 Å². The number of rotatable bonds is 4. The molecule has 1 aliphatic heterocycles. The monoisotopic (exact) mass is 314 g/mol. The molecule has 22 heavy (non-hydrogen) atoms. The zero-order valence-electron chi connectivity index (χ0n) is 12.5. The first-order valence-corrected chi connectivity index (χ1v) is 8.36. The van der Waals surface area contributed by atoms with Gasteiger partial charge in [-0.25, -0.2) is 0 Å². The number of nitrogens with zero attached hydrogens (tertiary/aromatic N) is 2. The second-order valence-corrected chi connectivity index (χ2v) is 6.83. The Morgan fingerprint density at radius 1 is 1.36 bits per heavy atom. The number of hydrogen-bond acceptors (Lipinski definition) is 4. The lowest BCUT2D eigenvalue weighted by Gasteiger charge is -2.17. The Hall–Kier alpha value is -1.88. The maximum absolute atomic E-state index is 12.2. The van der Waals surface area contributed by atoms with Crippen molar-refractivity contribution in [3.05, 3.63) is 42.1 Å². The third-order valence-corrected chi connectivity index (χ3v) is 4.96. The molecule has 1 amide bonds. The fourth-order valence-electron chi connectivity index (χ4n) is 2.86. The van der Waals surface area contributed by atoms with Gasteiger partial charge in [0.2, 0.25) is 5.91 Å². The van der Waals surface area contributed by atoms with Crippen molar-refractivity contribution in [3.63, 3.8) is 0 Å².